The lowest BCUT2D eigenvalue weighted by molar-refractivity contribution is 0.768. The molecule has 0 fully saturated rings. The number of aromatic nitrogens is 1. The number of anilines is 3. The molecular weight excluding hydrogens is 749 g/mol. The molecule has 0 radical (unpaired) electrons. The Morgan fingerprint density at radius 3 is 1.69 bits per heavy atom. The Balaban J connectivity index is 1.18. The Labute approximate surface area is 362 Å². The molecule has 2 nitrogen and oxygen atoms in total. The highest BCUT2D eigenvalue weighted by molar-refractivity contribution is 6.15. The van der Waals surface area contributed by atoms with E-state index in [2.05, 4.69) is 253 Å². The van der Waals surface area contributed by atoms with E-state index in [4.69, 9.17) is 0 Å². The number of fused-ring (bicyclic) bond motifs is 7. The van der Waals surface area contributed by atoms with Crippen molar-refractivity contribution in [1.29, 1.82) is 0 Å². The Morgan fingerprint density at radius 1 is 0.387 bits per heavy atom. The van der Waals surface area contributed by atoms with Gasteiger partial charge in [-0.25, -0.2) is 0 Å². The molecule has 0 bridgehead atoms. The van der Waals surface area contributed by atoms with E-state index in [1.807, 2.05) is 0 Å². The van der Waals surface area contributed by atoms with Gasteiger partial charge in [0.2, 0.25) is 0 Å². The number of benzene rings is 10. The standard InChI is InChI=1S/C60H42N2/c1-41-32-39-57(51-26-12-11-24-48(41)51)62-56-30-16-14-27-52(56)53-28-17-31-58(59(53)62)61(46-35-33-43(34-36-46)42-18-5-2-6-19-42)47-37-38-50-49-25-13-15-29-54(49)60(55(50)40-47,44-20-7-3-8-21-44)45-22-9-4-10-23-45/h2-40H,1H3. The second-order valence-corrected chi connectivity index (χ2v) is 16.5. The van der Waals surface area contributed by atoms with Gasteiger partial charge in [-0.15, -0.1) is 0 Å². The van der Waals surface area contributed by atoms with E-state index < -0.39 is 5.41 Å². The van der Waals surface area contributed by atoms with Gasteiger partial charge in [0.15, 0.2) is 0 Å². The summed E-state index contributed by atoms with van der Waals surface area (Å²) >= 11 is 0. The average Bonchev–Trinajstić information content (AvgIpc) is 3.84. The fraction of sp³-hybridized carbons (Fsp3) is 0.0333. The smallest absolute Gasteiger partial charge is 0.0782 e. The van der Waals surface area contributed by atoms with Crippen LogP contribution in [-0.2, 0) is 5.41 Å². The van der Waals surface area contributed by atoms with Crippen LogP contribution in [-0.4, -0.2) is 4.57 Å². The Bertz CT molecular complexity index is 3420. The molecule has 10 aromatic carbocycles. The van der Waals surface area contributed by atoms with Gasteiger partial charge in [-0.2, -0.15) is 0 Å². The van der Waals surface area contributed by atoms with Crippen LogP contribution in [0.4, 0.5) is 17.1 Å². The Hall–Kier alpha value is -7.94. The molecule has 0 amide bonds. The van der Waals surface area contributed by atoms with Gasteiger partial charge in [0.05, 0.1) is 27.8 Å². The van der Waals surface area contributed by atoms with Crippen LogP contribution >= 0.6 is 0 Å². The van der Waals surface area contributed by atoms with Crippen LogP contribution in [0.3, 0.4) is 0 Å². The number of aryl methyl sites for hydroxylation is 1. The summed E-state index contributed by atoms with van der Waals surface area (Å²) in [7, 11) is 0. The molecule has 292 valence electrons. The van der Waals surface area contributed by atoms with Crippen molar-refractivity contribution in [2.75, 3.05) is 4.90 Å². The van der Waals surface area contributed by atoms with Gasteiger partial charge >= 0.3 is 0 Å². The van der Waals surface area contributed by atoms with Crippen molar-refractivity contribution in [2.45, 2.75) is 12.3 Å². The quantitative estimate of drug-likeness (QED) is 0.156. The molecule has 1 heterocycles. The molecule has 12 rings (SSSR count). The van der Waals surface area contributed by atoms with E-state index in [1.54, 1.807) is 0 Å². The van der Waals surface area contributed by atoms with Gasteiger partial charge in [-0.05, 0) is 105 Å². The molecule has 0 atom stereocenters. The second kappa shape index (κ2) is 14.4. The lowest BCUT2D eigenvalue weighted by Gasteiger charge is -2.35. The van der Waals surface area contributed by atoms with Gasteiger partial charge in [0.1, 0.15) is 0 Å². The second-order valence-electron chi connectivity index (χ2n) is 16.5. The SMILES string of the molecule is Cc1ccc(-n2c3ccccc3c3cccc(N(c4ccc(-c5ccccc5)cc4)c4ccc5c(c4)C(c4ccccc4)(c4ccccc4)c4ccccc4-5)c32)c2ccccc12. The van der Waals surface area contributed by atoms with E-state index >= 15 is 0 Å². The maximum Gasteiger partial charge on any atom is 0.0782 e. The number of nitrogens with zero attached hydrogens (tertiary/aromatic N) is 2. The lowest BCUT2D eigenvalue weighted by atomic mass is 9.67. The number of hydrogen-bond acceptors (Lipinski definition) is 1. The molecule has 11 aromatic rings. The monoisotopic (exact) mass is 790 g/mol. The maximum atomic E-state index is 2.51. The van der Waals surface area contributed by atoms with Crippen LogP contribution < -0.4 is 4.90 Å². The minimum atomic E-state index is -0.533. The van der Waals surface area contributed by atoms with E-state index in [0.29, 0.717) is 0 Å². The summed E-state index contributed by atoms with van der Waals surface area (Å²) in [4.78, 5) is 2.49. The predicted molar refractivity (Wildman–Crippen MR) is 260 cm³/mol. The van der Waals surface area contributed by atoms with Crippen molar-refractivity contribution < 1.29 is 0 Å². The van der Waals surface area contributed by atoms with Crippen LogP contribution in [0.5, 0.6) is 0 Å². The zero-order valence-corrected chi connectivity index (χ0v) is 34.4. The first kappa shape index (κ1) is 36.0. The first-order valence-corrected chi connectivity index (χ1v) is 21.5. The third kappa shape index (κ3) is 5.36. The van der Waals surface area contributed by atoms with Gasteiger partial charge in [-0.3, -0.25) is 0 Å². The van der Waals surface area contributed by atoms with Crippen molar-refractivity contribution >= 4 is 49.6 Å². The summed E-state index contributed by atoms with van der Waals surface area (Å²) in [5, 5.41) is 4.93. The molecule has 1 aliphatic carbocycles. The lowest BCUT2D eigenvalue weighted by Crippen LogP contribution is -2.28. The summed E-state index contributed by atoms with van der Waals surface area (Å²) in [5.74, 6) is 0. The van der Waals surface area contributed by atoms with Crippen molar-refractivity contribution in [1.82, 2.24) is 4.57 Å². The molecule has 1 aliphatic rings. The predicted octanol–water partition coefficient (Wildman–Crippen LogP) is 15.7. The third-order valence-electron chi connectivity index (χ3n) is 13.2. The molecule has 0 aliphatic heterocycles. The maximum absolute atomic E-state index is 2.51. The van der Waals surface area contributed by atoms with Crippen molar-refractivity contribution in [3.8, 4) is 27.9 Å². The molecule has 1 aromatic heterocycles. The first-order chi connectivity index (χ1) is 30.7. The molecule has 0 saturated heterocycles. The average molecular weight is 791 g/mol. The Morgan fingerprint density at radius 2 is 0.952 bits per heavy atom. The van der Waals surface area contributed by atoms with Crippen LogP contribution in [0.25, 0.3) is 60.5 Å². The Kier molecular flexibility index (Phi) is 8.33. The van der Waals surface area contributed by atoms with Crippen molar-refractivity contribution in [3.05, 3.63) is 264 Å². The fourth-order valence-corrected chi connectivity index (χ4v) is 10.5. The van der Waals surface area contributed by atoms with Gasteiger partial charge in [0.25, 0.3) is 0 Å². The van der Waals surface area contributed by atoms with Crippen LogP contribution in [0, 0.1) is 6.92 Å². The number of para-hydroxylation sites is 2. The van der Waals surface area contributed by atoms with Crippen LogP contribution in [0.2, 0.25) is 0 Å². The summed E-state index contributed by atoms with van der Waals surface area (Å²) < 4.78 is 2.51. The minimum absolute atomic E-state index is 0.533. The van der Waals surface area contributed by atoms with Crippen LogP contribution in [0.1, 0.15) is 27.8 Å². The molecule has 0 saturated carbocycles. The normalized spacial score (nSPS) is 12.7. The summed E-state index contributed by atoms with van der Waals surface area (Å²) in [6.07, 6.45) is 0. The molecule has 0 spiro atoms. The summed E-state index contributed by atoms with van der Waals surface area (Å²) in [5.41, 5.74) is 17.5. The summed E-state index contributed by atoms with van der Waals surface area (Å²) in [6.45, 7) is 2.21. The summed E-state index contributed by atoms with van der Waals surface area (Å²) in [6, 6.07) is 87.2. The van der Waals surface area contributed by atoms with Gasteiger partial charge in [0, 0.05) is 27.5 Å². The van der Waals surface area contributed by atoms with E-state index in [-0.39, 0.29) is 0 Å². The first-order valence-electron chi connectivity index (χ1n) is 21.5. The highest BCUT2D eigenvalue weighted by Crippen LogP contribution is 2.57. The zero-order chi connectivity index (χ0) is 41.2. The highest BCUT2D eigenvalue weighted by Gasteiger charge is 2.46. The van der Waals surface area contributed by atoms with E-state index in [9.17, 15) is 0 Å². The number of hydrogen-bond donors (Lipinski definition) is 0. The van der Waals surface area contributed by atoms with Crippen LogP contribution in [0.15, 0.2) is 237 Å². The van der Waals surface area contributed by atoms with Gasteiger partial charge < -0.3 is 9.47 Å². The highest BCUT2D eigenvalue weighted by atomic mass is 15.2. The van der Waals surface area contributed by atoms with Crippen molar-refractivity contribution in [2.24, 2.45) is 0 Å². The third-order valence-corrected chi connectivity index (χ3v) is 13.2. The molecule has 0 N–H and O–H groups in total. The number of rotatable bonds is 7. The molecule has 62 heavy (non-hydrogen) atoms. The molecular formula is C60H42N2. The van der Waals surface area contributed by atoms with Crippen molar-refractivity contribution in [3.63, 3.8) is 0 Å². The topological polar surface area (TPSA) is 8.17 Å². The molecule has 0 unspecified atom stereocenters. The minimum Gasteiger partial charge on any atom is -0.308 e. The largest absolute Gasteiger partial charge is 0.308 e. The fourth-order valence-electron chi connectivity index (χ4n) is 10.5. The zero-order valence-electron chi connectivity index (χ0n) is 34.4. The van der Waals surface area contributed by atoms with Gasteiger partial charge in [-0.1, -0.05) is 194 Å². The van der Waals surface area contributed by atoms with E-state index in [1.165, 1.54) is 82.8 Å². The van der Waals surface area contributed by atoms with E-state index in [0.717, 1.165) is 22.6 Å². The molecule has 2 heteroatoms.